The number of quaternary nitrogens is 1. The molecule has 0 amide bonds. The first-order valence-corrected chi connectivity index (χ1v) is 7.92. The summed E-state index contributed by atoms with van der Waals surface area (Å²) in [6.07, 6.45) is 1.77. The van der Waals surface area contributed by atoms with E-state index in [4.69, 9.17) is 9.84 Å². The lowest BCUT2D eigenvalue weighted by atomic mass is 10.0. The van der Waals surface area contributed by atoms with E-state index in [0.717, 1.165) is 32.0 Å². The van der Waals surface area contributed by atoms with Gasteiger partial charge in [0.25, 0.3) is 0 Å². The van der Waals surface area contributed by atoms with Gasteiger partial charge in [-0.2, -0.15) is 4.59 Å². The van der Waals surface area contributed by atoms with Crippen LogP contribution in [0.5, 0.6) is 0 Å². The van der Waals surface area contributed by atoms with E-state index in [-0.39, 0.29) is 16.2 Å². The van der Waals surface area contributed by atoms with E-state index in [2.05, 4.69) is 4.90 Å². The fraction of sp³-hybridized carbons (Fsp3) is 0.750. The fourth-order valence-corrected chi connectivity index (χ4v) is 3.49. The molecule has 0 radical (unpaired) electrons. The average Bonchev–Trinajstić information content (AvgIpc) is 2.80. The summed E-state index contributed by atoms with van der Waals surface area (Å²) in [5, 5.41) is 14.6. The minimum absolute atomic E-state index is 0.0598. The van der Waals surface area contributed by atoms with Crippen LogP contribution in [0.1, 0.15) is 34.6 Å². The van der Waals surface area contributed by atoms with Gasteiger partial charge in [0.15, 0.2) is 0 Å². The molecule has 0 aromatic rings. The largest absolute Gasteiger partial charge is 0.474 e. The Labute approximate surface area is 132 Å². The summed E-state index contributed by atoms with van der Waals surface area (Å²) in [5.41, 5.74) is 0.902. The van der Waals surface area contributed by atoms with E-state index < -0.39 is 5.97 Å². The van der Waals surface area contributed by atoms with Gasteiger partial charge in [-0.15, -0.1) is 0 Å². The number of ether oxygens (including phenoxy) is 1. The second-order valence-electron chi connectivity index (χ2n) is 7.26. The van der Waals surface area contributed by atoms with Crippen LogP contribution >= 0.6 is 0 Å². The summed E-state index contributed by atoms with van der Waals surface area (Å²) in [6, 6.07) is 0.0598. The van der Waals surface area contributed by atoms with Crippen molar-refractivity contribution < 1.29 is 19.2 Å². The summed E-state index contributed by atoms with van der Waals surface area (Å²) < 4.78 is 5.50. The first-order valence-electron chi connectivity index (χ1n) is 7.92. The van der Waals surface area contributed by atoms with Crippen molar-refractivity contribution in [3.8, 4) is 0 Å². The molecule has 2 aliphatic heterocycles. The smallest absolute Gasteiger partial charge is 0.393 e. The van der Waals surface area contributed by atoms with Crippen LogP contribution in [0, 0.1) is 0 Å². The molecule has 22 heavy (non-hydrogen) atoms. The number of aliphatic carboxylic acids is 1. The van der Waals surface area contributed by atoms with Crippen LogP contribution in [0.4, 0.5) is 0 Å². The third-order valence-corrected chi connectivity index (χ3v) is 4.44. The normalized spacial score (nSPS) is 27.0. The Balaban J connectivity index is 2.35. The quantitative estimate of drug-likeness (QED) is 0.803. The van der Waals surface area contributed by atoms with E-state index in [1.54, 1.807) is 6.08 Å². The van der Waals surface area contributed by atoms with Crippen LogP contribution in [0.25, 0.3) is 0 Å². The Morgan fingerprint density at radius 2 is 2.00 bits per heavy atom. The van der Waals surface area contributed by atoms with Crippen LogP contribution in [0.15, 0.2) is 16.9 Å². The molecular weight excluding hydrogens is 282 g/mol. The summed E-state index contributed by atoms with van der Waals surface area (Å²) in [5.74, 6) is -0.885. The van der Waals surface area contributed by atoms with E-state index >= 15 is 0 Å². The predicted octanol–water partition coefficient (Wildman–Crippen LogP) is 1.68. The SMILES string of the molecule is CC(C)[N+]1(C(C)(C)C)N=C(CN2CCOCC2)C=C1C(=O)O. The Morgan fingerprint density at radius 1 is 1.41 bits per heavy atom. The second-order valence-corrected chi connectivity index (χ2v) is 7.26. The molecule has 1 saturated heterocycles. The van der Waals surface area contributed by atoms with Gasteiger partial charge in [0.05, 0.1) is 13.2 Å². The van der Waals surface area contributed by atoms with E-state index in [1.807, 2.05) is 34.6 Å². The van der Waals surface area contributed by atoms with Crippen LogP contribution in [0.2, 0.25) is 0 Å². The molecule has 1 N–H and O–H groups in total. The predicted molar refractivity (Wildman–Crippen MR) is 85.6 cm³/mol. The van der Waals surface area contributed by atoms with Gasteiger partial charge in [-0.25, -0.2) is 4.79 Å². The maximum absolute atomic E-state index is 11.8. The summed E-state index contributed by atoms with van der Waals surface area (Å²) in [7, 11) is 0. The zero-order valence-electron chi connectivity index (χ0n) is 14.3. The highest BCUT2D eigenvalue weighted by Crippen LogP contribution is 2.39. The standard InChI is InChI=1S/C16H27N3O3/c1-12(2)19(16(3,4)5)14(15(20)21)10-13(17-19)11-18-6-8-22-9-7-18/h10,12H,6-9,11H2,1-5H3/p+1. The molecule has 0 saturated carbocycles. The van der Waals surface area contributed by atoms with Gasteiger partial charge in [-0.1, -0.05) is 5.10 Å². The van der Waals surface area contributed by atoms with Gasteiger partial charge >= 0.3 is 5.97 Å². The molecule has 0 aromatic heterocycles. The first-order chi connectivity index (χ1) is 10.2. The van der Waals surface area contributed by atoms with Crippen LogP contribution in [-0.4, -0.2) is 70.7 Å². The van der Waals surface area contributed by atoms with Crippen LogP contribution in [-0.2, 0) is 9.53 Å². The molecule has 2 rings (SSSR count). The van der Waals surface area contributed by atoms with Crippen molar-refractivity contribution in [1.82, 2.24) is 4.90 Å². The number of nitrogens with zero attached hydrogens (tertiary/aromatic N) is 3. The van der Waals surface area contributed by atoms with Crippen molar-refractivity contribution in [3.05, 3.63) is 11.8 Å². The molecule has 6 heteroatoms. The van der Waals surface area contributed by atoms with E-state index in [1.165, 1.54) is 0 Å². The highest BCUT2D eigenvalue weighted by atomic mass is 16.5. The van der Waals surface area contributed by atoms with Gasteiger partial charge in [0.2, 0.25) is 5.70 Å². The van der Waals surface area contributed by atoms with Crippen LogP contribution < -0.4 is 0 Å². The van der Waals surface area contributed by atoms with Crippen molar-refractivity contribution in [3.63, 3.8) is 0 Å². The van der Waals surface area contributed by atoms with Crippen molar-refractivity contribution in [2.24, 2.45) is 5.10 Å². The number of hydrogen-bond donors (Lipinski definition) is 1. The summed E-state index contributed by atoms with van der Waals surface area (Å²) >= 11 is 0. The minimum Gasteiger partial charge on any atom is -0.474 e. The molecular formula is C16H28N3O3+. The topological polar surface area (TPSA) is 62.1 Å². The highest BCUT2D eigenvalue weighted by molar-refractivity contribution is 6.03. The van der Waals surface area contributed by atoms with Crippen molar-refractivity contribution >= 4 is 11.7 Å². The van der Waals surface area contributed by atoms with Crippen molar-refractivity contribution in [2.45, 2.75) is 46.2 Å². The van der Waals surface area contributed by atoms with Gasteiger partial charge < -0.3 is 9.84 Å². The molecule has 2 heterocycles. The van der Waals surface area contributed by atoms with Gasteiger partial charge in [-0.05, 0) is 34.6 Å². The number of carbonyl (C=O) groups is 1. The molecule has 6 nitrogen and oxygen atoms in total. The zero-order chi connectivity index (χ0) is 16.5. The molecule has 0 spiro atoms. The number of hydrogen-bond acceptors (Lipinski definition) is 4. The Bertz CT molecular complexity index is 499. The lowest BCUT2D eigenvalue weighted by molar-refractivity contribution is -0.956. The molecule has 0 aliphatic carbocycles. The lowest BCUT2D eigenvalue weighted by Gasteiger charge is -2.43. The summed E-state index contributed by atoms with van der Waals surface area (Å²) in [4.78, 5) is 14.1. The lowest BCUT2D eigenvalue weighted by Crippen LogP contribution is -2.59. The molecule has 0 aromatic carbocycles. The molecule has 124 valence electrons. The maximum Gasteiger partial charge on any atom is 0.393 e. The van der Waals surface area contributed by atoms with Gasteiger partial charge in [0, 0.05) is 25.7 Å². The number of morpholine rings is 1. The Morgan fingerprint density at radius 3 is 2.41 bits per heavy atom. The van der Waals surface area contributed by atoms with Crippen molar-refractivity contribution in [1.29, 1.82) is 0 Å². The maximum atomic E-state index is 11.8. The minimum atomic E-state index is -0.885. The summed E-state index contributed by atoms with van der Waals surface area (Å²) in [6.45, 7) is 14.1. The first kappa shape index (κ1) is 17.1. The zero-order valence-corrected chi connectivity index (χ0v) is 14.3. The monoisotopic (exact) mass is 310 g/mol. The number of carboxylic acid groups (broad SMARTS) is 1. The molecule has 1 unspecified atom stereocenters. The second kappa shape index (κ2) is 6.10. The molecule has 0 bridgehead atoms. The van der Waals surface area contributed by atoms with E-state index in [0.29, 0.717) is 12.2 Å². The third kappa shape index (κ3) is 2.95. The molecule has 1 atom stereocenters. The van der Waals surface area contributed by atoms with Gasteiger partial charge in [-0.3, -0.25) is 4.90 Å². The fourth-order valence-electron chi connectivity index (χ4n) is 3.49. The average molecular weight is 310 g/mol. The number of carboxylic acids is 1. The Kier molecular flexibility index (Phi) is 4.75. The highest BCUT2D eigenvalue weighted by Gasteiger charge is 2.54. The molecule has 1 fully saturated rings. The van der Waals surface area contributed by atoms with Crippen molar-refractivity contribution in [2.75, 3.05) is 32.8 Å². The third-order valence-electron chi connectivity index (χ3n) is 4.44. The number of rotatable bonds is 4. The van der Waals surface area contributed by atoms with Gasteiger partial charge in [0.1, 0.15) is 17.3 Å². The van der Waals surface area contributed by atoms with Crippen LogP contribution in [0.3, 0.4) is 0 Å². The Hall–Kier alpha value is -1.24. The molecule has 2 aliphatic rings. The van der Waals surface area contributed by atoms with E-state index in [9.17, 15) is 9.90 Å².